The van der Waals surface area contributed by atoms with Gasteiger partial charge >= 0.3 is 131 Å². The van der Waals surface area contributed by atoms with Crippen LogP contribution in [0.5, 0.6) is 0 Å². The Bertz CT molecular complexity index is 2610. The maximum atomic E-state index is 13.6. The standard InChI is InChI=1S/C15H11F19O2.C13H11F15O2.C9H9F7O3.C8H10F6O2.C4H8O/c1-2-35-5-6-36-4-3-7(16,17)9(19,20)11(23,24)13(27,28)12(25,26)10(21,22)8(18,14(29,30)31)15(32,33)34;1-2-29-5-6-30-4-3-7(14,15)9(17,18)11(21,22)10(19,20)8(16,12(23,24)25)13(26,27)28;1-2-17-3-4-18-5-6(10)7(11,12)8(13,14)9(15,16)19-6;1-2-15-3-4-16-5-7(10,11)6(9)8(12,13)14;1-3-5-4-2/h2H,1,3-6H2;2H,1,3-6H2;2H,1,3-5H2;2,6H,1,3-5H2;3H,1,4H2,2H3. The van der Waals surface area contributed by atoms with E-state index in [1.54, 1.807) is 0 Å². The molecule has 0 spiro atoms. The largest absolute Gasteiger partial charge is 0.502 e. The summed E-state index contributed by atoms with van der Waals surface area (Å²) in [6.45, 7) is 7.70. The molecule has 0 aliphatic carbocycles. The highest BCUT2D eigenvalue weighted by Crippen LogP contribution is 2.68. The van der Waals surface area contributed by atoms with Gasteiger partial charge in [0, 0.05) is 12.8 Å². The number of rotatable bonds is 39. The zero-order chi connectivity index (χ0) is 85.8. The Morgan fingerprint density at radius 3 is 0.811 bits per heavy atom. The molecule has 1 aliphatic heterocycles. The highest BCUT2D eigenvalue weighted by atomic mass is 19.5. The summed E-state index contributed by atoms with van der Waals surface area (Å²) in [7, 11) is 0. The first kappa shape index (κ1) is 107. The van der Waals surface area contributed by atoms with E-state index in [1.165, 1.54) is 6.26 Å². The van der Waals surface area contributed by atoms with Crippen LogP contribution in [-0.2, 0) is 47.4 Å². The number of alkyl halides is 47. The third kappa shape index (κ3) is 22.9. The molecule has 10 nitrogen and oxygen atoms in total. The second-order valence-electron chi connectivity index (χ2n) is 19.1. The van der Waals surface area contributed by atoms with Crippen molar-refractivity contribution in [2.45, 2.75) is 157 Å². The quantitative estimate of drug-likeness (QED) is 0.0337. The molecule has 2 atom stereocenters. The van der Waals surface area contributed by atoms with Gasteiger partial charge in [-0.15, -0.1) is 0 Å². The van der Waals surface area contributed by atoms with Crippen molar-refractivity contribution in [3.8, 4) is 0 Å². The lowest BCUT2D eigenvalue weighted by atomic mass is 9.83. The minimum absolute atomic E-state index is 0.150. The molecule has 0 aromatic heterocycles. The fraction of sp³-hybridized carbons (Fsp3) is 0.796. The highest BCUT2D eigenvalue weighted by Gasteiger charge is 2.99. The number of halogens is 47. The molecule has 0 aromatic carbocycles. The van der Waals surface area contributed by atoms with Crippen LogP contribution in [0.25, 0.3) is 0 Å². The van der Waals surface area contributed by atoms with Gasteiger partial charge in [-0.25, -0.2) is 26.3 Å². The van der Waals surface area contributed by atoms with Gasteiger partial charge in [-0.2, -0.15) is 180 Å². The van der Waals surface area contributed by atoms with E-state index in [-0.39, 0.29) is 19.8 Å². The van der Waals surface area contributed by atoms with E-state index >= 15 is 0 Å². The van der Waals surface area contributed by atoms with Gasteiger partial charge in [-0.05, 0) is 6.92 Å². The van der Waals surface area contributed by atoms with E-state index in [9.17, 15) is 206 Å². The maximum Gasteiger partial charge on any atom is 0.438 e. The van der Waals surface area contributed by atoms with E-state index in [2.05, 4.69) is 80.3 Å². The van der Waals surface area contributed by atoms with Gasteiger partial charge in [-0.1, -0.05) is 32.9 Å². The van der Waals surface area contributed by atoms with Gasteiger partial charge in [-0.3, -0.25) is 4.74 Å². The molecular weight excluding hydrogens is 1640 g/mol. The summed E-state index contributed by atoms with van der Waals surface area (Å²) in [5.41, 5.74) is -17.0. The minimum atomic E-state index is -9.01. The van der Waals surface area contributed by atoms with Crippen LogP contribution < -0.4 is 0 Å². The molecule has 1 fully saturated rings. The molecule has 0 bridgehead atoms. The molecule has 1 heterocycles. The van der Waals surface area contributed by atoms with Crippen molar-refractivity contribution in [3.63, 3.8) is 0 Å². The Kier molecular flexibility index (Phi) is 37.9. The van der Waals surface area contributed by atoms with Gasteiger partial charge in [0.25, 0.3) is 6.17 Å². The fourth-order valence-electron chi connectivity index (χ4n) is 6.11. The number of hydrogen-bond acceptors (Lipinski definition) is 10. The van der Waals surface area contributed by atoms with Crippen molar-refractivity contribution >= 4 is 0 Å². The summed E-state index contributed by atoms with van der Waals surface area (Å²) < 4.78 is 648. The lowest BCUT2D eigenvalue weighted by Gasteiger charge is -2.45. The summed E-state index contributed by atoms with van der Waals surface area (Å²) in [6, 6.07) is 0. The Balaban J connectivity index is -0.000000666. The summed E-state index contributed by atoms with van der Waals surface area (Å²) in [5.74, 6) is -101. The molecule has 1 saturated heterocycles. The SMILES string of the molecule is C=COCC.C=COCCOCC(F)(F)C(F)C(F)(F)F.C=COCCOCC1(F)OC(F)(F)C(F)(F)C1(F)F.C=COCCOCCC(F)(F)C(F)(F)C(F)(F)C(F)(F)C(F)(C(F)(F)F)C(F)(F)F.C=COCCOCCC(F)(F)C(F)(F)C(F)(F)C(F)(F)C(F)(F)C(F)(F)C(F)(C(F)(F)F)C(F)(F)F. The van der Waals surface area contributed by atoms with Crippen LogP contribution in [0.15, 0.2) is 64.2 Å². The number of ether oxygens (including phenoxy) is 10. The summed E-state index contributed by atoms with van der Waals surface area (Å²) in [4.78, 5) is 0. The first-order chi connectivity index (χ1) is 46.8. The fourth-order valence-corrected chi connectivity index (χ4v) is 6.11. The molecule has 634 valence electrons. The topological polar surface area (TPSA) is 92.3 Å². The van der Waals surface area contributed by atoms with Crippen molar-refractivity contribution in [3.05, 3.63) is 64.2 Å². The maximum absolute atomic E-state index is 13.6. The summed E-state index contributed by atoms with van der Waals surface area (Å²) in [6.07, 6.45) is -48.3. The van der Waals surface area contributed by atoms with Crippen LogP contribution in [-0.4, -0.2) is 223 Å². The van der Waals surface area contributed by atoms with E-state index in [4.69, 9.17) is 0 Å². The van der Waals surface area contributed by atoms with Crippen LogP contribution in [0.1, 0.15) is 19.8 Å². The predicted octanol–water partition coefficient (Wildman–Crippen LogP) is 19.7. The number of hydrogen-bond donors (Lipinski definition) is 0. The highest BCUT2D eigenvalue weighted by molar-refractivity contribution is 5.20. The normalized spacial score (nSPS) is 17.8. The lowest BCUT2D eigenvalue weighted by molar-refractivity contribution is -0.472. The lowest BCUT2D eigenvalue weighted by Crippen LogP contribution is -2.77. The molecule has 0 radical (unpaired) electrons. The molecule has 0 aromatic rings. The summed E-state index contributed by atoms with van der Waals surface area (Å²) >= 11 is 0. The van der Waals surface area contributed by atoms with Crippen molar-refractivity contribution in [1.29, 1.82) is 0 Å². The van der Waals surface area contributed by atoms with Crippen LogP contribution in [0.4, 0.5) is 206 Å². The molecule has 1 aliphatic rings. The van der Waals surface area contributed by atoms with Crippen LogP contribution in [0.3, 0.4) is 0 Å². The zero-order valence-corrected chi connectivity index (χ0v) is 51.5. The summed E-state index contributed by atoms with van der Waals surface area (Å²) in [5, 5.41) is 0. The predicted molar refractivity (Wildman–Crippen MR) is 256 cm³/mol. The second kappa shape index (κ2) is 37.8. The van der Waals surface area contributed by atoms with Crippen LogP contribution in [0, 0.1) is 0 Å². The zero-order valence-electron chi connectivity index (χ0n) is 51.5. The molecule has 57 heteroatoms. The van der Waals surface area contributed by atoms with E-state index < -0.39 is 210 Å². The van der Waals surface area contributed by atoms with Crippen LogP contribution in [0.2, 0.25) is 0 Å². The van der Waals surface area contributed by atoms with Crippen molar-refractivity contribution in [2.75, 3.05) is 85.9 Å². The average Bonchev–Trinajstić information content (AvgIpc) is 0.971. The smallest absolute Gasteiger partial charge is 0.438 e. The third-order valence-electron chi connectivity index (χ3n) is 11.7. The third-order valence-corrected chi connectivity index (χ3v) is 11.7. The molecule has 106 heavy (non-hydrogen) atoms. The van der Waals surface area contributed by atoms with Gasteiger partial charge in [0.1, 0.15) is 39.6 Å². The molecule has 2 unspecified atom stereocenters. The second-order valence-corrected chi connectivity index (χ2v) is 19.1. The van der Waals surface area contributed by atoms with E-state index in [0.29, 0.717) is 0 Å². The van der Waals surface area contributed by atoms with Gasteiger partial charge < -0.3 is 42.6 Å². The Hall–Kier alpha value is -5.79. The van der Waals surface area contributed by atoms with Crippen LogP contribution >= 0.6 is 0 Å². The molecule has 1 rings (SSSR count). The van der Waals surface area contributed by atoms with E-state index in [1.807, 2.05) is 6.92 Å². The Morgan fingerprint density at radius 2 is 0.575 bits per heavy atom. The molecule has 0 saturated carbocycles. The molecule has 0 N–H and O–H groups in total. The van der Waals surface area contributed by atoms with E-state index in [0.717, 1.165) is 31.7 Å². The van der Waals surface area contributed by atoms with Crippen molar-refractivity contribution in [2.24, 2.45) is 0 Å². The van der Waals surface area contributed by atoms with Gasteiger partial charge in [0.05, 0.1) is 77.6 Å². The first-order valence-corrected chi connectivity index (χ1v) is 26.2. The van der Waals surface area contributed by atoms with Gasteiger partial charge in [0.15, 0.2) is 0 Å². The Morgan fingerprint density at radius 1 is 0.321 bits per heavy atom. The minimum Gasteiger partial charge on any atom is -0.502 e. The Labute approximate surface area is 561 Å². The van der Waals surface area contributed by atoms with Crippen molar-refractivity contribution in [1.82, 2.24) is 0 Å². The van der Waals surface area contributed by atoms with Crippen molar-refractivity contribution < 1.29 is 254 Å². The molecular formula is C49H49F47O10. The monoisotopic (exact) mass is 1690 g/mol. The first-order valence-electron chi connectivity index (χ1n) is 26.2. The van der Waals surface area contributed by atoms with Gasteiger partial charge in [0.2, 0.25) is 0 Å². The average molecular weight is 1690 g/mol. The molecule has 0 amide bonds.